The van der Waals surface area contributed by atoms with Crippen LogP contribution in [0.5, 0.6) is 0 Å². The Balaban J connectivity index is 2.47. The first-order valence-electron chi connectivity index (χ1n) is 7.34. The first-order chi connectivity index (χ1) is 10.4. The Hall–Kier alpha value is -2.14. The van der Waals surface area contributed by atoms with Crippen LogP contribution in [0.4, 0.5) is 0 Å². The Bertz CT molecular complexity index is 616. The number of nitrogens with zero attached hydrogens (tertiary/aromatic N) is 1. The third-order valence-corrected chi connectivity index (χ3v) is 3.94. The van der Waals surface area contributed by atoms with E-state index in [1.54, 1.807) is 0 Å². The molecule has 1 atom stereocenters. The monoisotopic (exact) mass is 303 g/mol. The van der Waals surface area contributed by atoms with Crippen molar-refractivity contribution in [2.75, 3.05) is 13.2 Å². The van der Waals surface area contributed by atoms with Crippen molar-refractivity contribution in [3.05, 3.63) is 46.7 Å². The molecule has 1 aliphatic heterocycles. The molecule has 22 heavy (non-hydrogen) atoms. The number of carbonyl (C=O) groups excluding carboxylic acids is 2. The van der Waals surface area contributed by atoms with Crippen molar-refractivity contribution in [1.82, 2.24) is 4.90 Å². The van der Waals surface area contributed by atoms with Crippen LogP contribution in [0, 0.1) is 0 Å². The lowest BCUT2D eigenvalue weighted by atomic mass is 9.94. The lowest BCUT2D eigenvalue weighted by Gasteiger charge is -2.26. The number of carbonyl (C=O) groups is 2. The minimum Gasteiger partial charge on any atom is -0.503 e. The summed E-state index contributed by atoms with van der Waals surface area (Å²) < 4.78 is 0. The summed E-state index contributed by atoms with van der Waals surface area (Å²) in [5.74, 6) is -1.09. The van der Waals surface area contributed by atoms with Crippen molar-refractivity contribution >= 4 is 11.7 Å². The standard InChI is InChI=1S/C17H21NO4/c1-10(2)12-4-6-13(7-5-12)15-14(11(3)20)16(21)17(22)18(15)8-9-19/h4-7,10,15,19,21H,8-9H2,1-3H3. The number of β-amino-alcohol motifs (C(OH)–C–C–N with tert-alkyl or cyclic N) is 1. The van der Waals surface area contributed by atoms with E-state index in [9.17, 15) is 14.7 Å². The quantitative estimate of drug-likeness (QED) is 0.873. The summed E-state index contributed by atoms with van der Waals surface area (Å²) in [7, 11) is 0. The van der Waals surface area contributed by atoms with Crippen molar-refractivity contribution in [2.45, 2.75) is 32.7 Å². The fourth-order valence-electron chi connectivity index (χ4n) is 2.76. The van der Waals surface area contributed by atoms with Crippen LogP contribution in [0.2, 0.25) is 0 Å². The van der Waals surface area contributed by atoms with Crippen LogP contribution in [0.1, 0.15) is 43.9 Å². The van der Waals surface area contributed by atoms with E-state index in [4.69, 9.17) is 5.11 Å². The fraction of sp³-hybridized carbons (Fsp3) is 0.412. The molecular formula is C17H21NO4. The van der Waals surface area contributed by atoms with E-state index in [0.29, 0.717) is 5.92 Å². The maximum absolute atomic E-state index is 12.1. The maximum atomic E-state index is 12.1. The highest BCUT2D eigenvalue weighted by molar-refractivity contribution is 6.08. The van der Waals surface area contributed by atoms with E-state index in [0.717, 1.165) is 11.1 Å². The second-order valence-electron chi connectivity index (χ2n) is 5.76. The van der Waals surface area contributed by atoms with Crippen LogP contribution in [0.15, 0.2) is 35.6 Å². The normalized spacial score (nSPS) is 18.5. The molecule has 0 aliphatic carbocycles. The SMILES string of the molecule is CC(=O)C1=C(O)C(=O)N(CCO)C1c1ccc(C(C)C)cc1. The van der Waals surface area contributed by atoms with Gasteiger partial charge >= 0.3 is 0 Å². The van der Waals surface area contributed by atoms with Gasteiger partial charge in [-0.1, -0.05) is 38.1 Å². The Morgan fingerprint density at radius 2 is 1.86 bits per heavy atom. The third kappa shape index (κ3) is 2.76. The molecule has 1 aromatic rings. The van der Waals surface area contributed by atoms with Crippen molar-refractivity contribution in [3.63, 3.8) is 0 Å². The molecule has 0 aromatic heterocycles. The number of hydrogen-bond donors (Lipinski definition) is 2. The second-order valence-corrected chi connectivity index (χ2v) is 5.76. The zero-order chi connectivity index (χ0) is 16.4. The Morgan fingerprint density at radius 1 is 1.27 bits per heavy atom. The minimum atomic E-state index is -0.640. The van der Waals surface area contributed by atoms with Crippen molar-refractivity contribution in [1.29, 1.82) is 0 Å². The molecule has 1 heterocycles. The molecule has 1 unspecified atom stereocenters. The van der Waals surface area contributed by atoms with Gasteiger partial charge in [0.15, 0.2) is 11.5 Å². The Kier molecular flexibility index (Phi) is 4.66. The van der Waals surface area contributed by atoms with Gasteiger partial charge in [0.2, 0.25) is 0 Å². The van der Waals surface area contributed by atoms with Gasteiger partial charge in [0, 0.05) is 6.54 Å². The molecule has 118 valence electrons. The molecule has 2 rings (SSSR count). The molecule has 5 heteroatoms. The van der Waals surface area contributed by atoms with Crippen molar-refractivity contribution in [3.8, 4) is 0 Å². The van der Waals surface area contributed by atoms with Gasteiger partial charge < -0.3 is 15.1 Å². The molecule has 1 amide bonds. The van der Waals surface area contributed by atoms with E-state index >= 15 is 0 Å². The first-order valence-corrected chi connectivity index (χ1v) is 7.34. The summed E-state index contributed by atoms with van der Waals surface area (Å²) in [6.45, 7) is 5.33. The highest BCUT2D eigenvalue weighted by Gasteiger charge is 2.41. The molecular weight excluding hydrogens is 282 g/mol. The molecule has 0 saturated carbocycles. The lowest BCUT2D eigenvalue weighted by molar-refractivity contribution is -0.129. The van der Waals surface area contributed by atoms with Gasteiger partial charge in [-0.05, 0) is 24.0 Å². The predicted molar refractivity (Wildman–Crippen MR) is 82.4 cm³/mol. The van der Waals surface area contributed by atoms with E-state index < -0.39 is 17.7 Å². The summed E-state index contributed by atoms with van der Waals surface area (Å²) in [5, 5.41) is 19.1. The van der Waals surface area contributed by atoms with Gasteiger partial charge in [-0.2, -0.15) is 0 Å². The Labute approximate surface area is 129 Å². The molecule has 0 radical (unpaired) electrons. The zero-order valence-corrected chi connectivity index (χ0v) is 13.0. The molecule has 1 aromatic carbocycles. The van der Waals surface area contributed by atoms with Gasteiger partial charge in [-0.25, -0.2) is 0 Å². The molecule has 2 N–H and O–H groups in total. The topological polar surface area (TPSA) is 77.8 Å². The van der Waals surface area contributed by atoms with Gasteiger partial charge in [0.05, 0.1) is 18.2 Å². The van der Waals surface area contributed by atoms with Crippen molar-refractivity contribution < 1.29 is 19.8 Å². The van der Waals surface area contributed by atoms with Crippen LogP contribution in [0.3, 0.4) is 0 Å². The smallest absolute Gasteiger partial charge is 0.290 e. The number of hydrogen-bond acceptors (Lipinski definition) is 4. The first kappa shape index (κ1) is 16.2. The van der Waals surface area contributed by atoms with Gasteiger partial charge in [0.1, 0.15) is 0 Å². The summed E-state index contributed by atoms with van der Waals surface area (Å²) in [5.41, 5.74) is 2.00. The minimum absolute atomic E-state index is 0.0657. The molecule has 0 spiro atoms. The molecule has 0 bridgehead atoms. The largest absolute Gasteiger partial charge is 0.503 e. The third-order valence-electron chi connectivity index (χ3n) is 3.94. The molecule has 0 fully saturated rings. The maximum Gasteiger partial charge on any atom is 0.290 e. The summed E-state index contributed by atoms with van der Waals surface area (Å²) in [6.07, 6.45) is 0. The zero-order valence-electron chi connectivity index (χ0n) is 13.0. The van der Waals surface area contributed by atoms with Crippen LogP contribution in [0.25, 0.3) is 0 Å². The van der Waals surface area contributed by atoms with Gasteiger partial charge in [0.25, 0.3) is 5.91 Å². The highest BCUT2D eigenvalue weighted by atomic mass is 16.3. The number of rotatable bonds is 5. The number of aliphatic hydroxyl groups is 2. The number of Topliss-reactive ketones (excluding diaryl/α,β-unsaturated/α-hetero) is 1. The number of amides is 1. The number of ketones is 1. The summed E-state index contributed by atoms with van der Waals surface area (Å²) >= 11 is 0. The van der Waals surface area contributed by atoms with Gasteiger partial charge in [-0.15, -0.1) is 0 Å². The van der Waals surface area contributed by atoms with Crippen LogP contribution < -0.4 is 0 Å². The molecule has 0 saturated heterocycles. The number of aliphatic hydroxyl groups excluding tert-OH is 2. The average molecular weight is 303 g/mol. The summed E-state index contributed by atoms with van der Waals surface area (Å²) in [4.78, 5) is 25.3. The van der Waals surface area contributed by atoms with E-state index in [1.807, 2.05) is 24.3 Å². The Morgan fingerprint density at radius 3 is 2.32 bits per heavy atom. The fourth-order valence-corrected chi connectivity index (χ4v) is 2.76. The lowest BCUT2D eigenvalue weighted by Crippen LogP contribution is -2.33. The van der Waals surface area contributed by atoms with E-state index in [1.165, 1.54) is 11.8 Å². The van der Waals surface area contributed by atoms with Gasteiger partial charge in [-0.3, -0.25) is 9.59 Å². The van der Waals surface area contributed by atoms with Crippen LogP contribution >= 0.6 is 0 Å². The predicted octanol–water partition coefficient (Wildman–Crippen LogP) is 2.09. The van der Waals surface area contributed by atoms with Crippen LogP contribution in [-0.2, 0) is 9.59 Å². The summed E-state index contributed by atoms with van der Waals surface area (Å²) in [6, 6.07) is 6.99. The molecule has 1 aliphatic rings. The number of benzene rings is 1. The van der Waals surface area contributed by atoms with Crippen molar-refractivity contribution in [2.24, 2.45) is 0 Å². The molecule has 5 nitrogen and oxygen atoms in total. The van der Waals surface area contributed by atoms with E-state index in [-0.39, 0.29) is 24.5 Å². The highest BCUT2D eigenvalue weighted by Crippen LogP contribution is 2.37. The average Bonchev–Trinajstić information content (AvgIpc) is 2.72. The van der Waals surface area contributed by atoms with Crippen LogP contribution in [-0.4, -0.2) is 40.0 Å². The van der Waals surface area contributed by atoms with E-state index in [2.05, 4.69) is 13.8 Å². The second kappa shape index (κ2) is 6.32.